The normalized spacial score (nSPS) is 17.4. The molecule has 6 rings (SSSR count). The van der Waals surface area contributed by atoms with E-state index in [4.69, 9.17) is 0 Å². The van der Waals surface area contributed by atoms with Crippen LogP contribution < -0.4 is 0 Å². The molecule has 0 amide bonds. The van der Waals surface area contributed by atoms with Gasteiger partial charge >= 0.3 is 0 Å². The second-order valence-electron chi connectivity index (χ2n) is 14.6. The predicted molar refractivity (Wildman–Crippen MR) is 214 cm³/mol. The average Bonchev–Trinajstić information content (AvgIpc) is 3.18. The molecule has 5 aromatic carbocycles. The summed E-state index contributed by atoms with van der Waals surface area (Å²) in [5, 5.41) is 1.33. The zero-order chi connectivity index (χ0) is 34.3. The fourth-order valence-electron chi connectivity index (χ4n) is 10.6. The van der Waals surface area contributed by atoms with Crippen LogP contribution in [0.1, 0.15) is 83.3 Å². The van der Waals surface area contributed by atoms with Gasteiger partial charge in [0.1, 0.15) is 5.82 Å². The first-order valence-corrected chi connectivity index (χ1v) is 22.4. The molecule has 3 heteroatoms. The standard InChI is InChI=1S/C46H55FS2/c1-4-35-46(38(3)5-2,40-23-13-7-14-24-40)49(43-27-17-9-18-28-43,44-29-19-10-20-30-44,36-39-21-11-6-12-22-39,45-33-31-41(47)32-34-45)37-48-42-25-15-8-16-26-42/h6-9,11-18,21-28,31-34,38,44H,4-5,10,19-20,29-30,35-37H2,1-3H3. The minimum atomic E-state index is -4.10. The van der Waals surface area contributed by atoms with Gasteiger partial charge in [-0.1, -0.05) is 162 Å². The molecule has 1 aliphatic rings. The molecule has 0 spiro atoms. The number of halogens is 1. The Morgan fingerprint density at radius 3 is 1.78 bits per heavy atom. The highest BCUT2D eigenvalue weighted by atomic mass is 32.4. The second kappa shape index (κ2) is 14.5. The lowest BCUT2D eigenvalue weighted by Crippen LogP contribution is -2.65. The van der Waals surface area contributed by atoms with Crippen molar-refractivity contribution in [2.45, 2.75) is 103 Å². The molecular formula is C46H55FS2. The van der Waals surface area contributed by atoms with Crippen LogP contribution in [-0.4, -0.2) is 10.3 Å². The molecule has 1 aliphatic carbocycles. The molecule has 0 radical (unpaired) electrons. The third-order valence-electron chi connectivity index (χ3n) is 12.6. The number of benzene rings is 5. The van der Waals surface area contributed by atoms with Gasteiger partial charge in [0.25, 0.3) is 0 Å². The third-order valence-corrected chi connectivity index (χ3v) is 26.2. The van der Waals surface area contributed by atoms with Crippen LogP contribution in [-0.2, 0) is 10.5 Å². The predicted octanol–water partition coefficient (Wildman–Crippen LogP) is 14.1. The van der Waals surface area contributed by atoms with Crippen molar-refractivity contribution in [1.82, 2.24) is 0 Å². The summed E-state index contributed by atoms with van der Waals surface area (Å²) in [6, 6.07) is 54.2. The monoisotopic (exact) mass is 690 g/mol. The molecule has 1 saturated carbocycles. The highest BCUT2D eigenvalue weighted by Crippen LogP contribution is 3.11. The molecule has 49 heavy (non-hydrogen) atoms. The van der Waals surface area contributed by atoms with E-state index < -0.39 is 8.29 Å². The van der Waals surface area contributed by atoms with Crippen LogP contribution in [0.15, 0.2) is 160 Å². The molecule has 0 aromatic heterocycles. The fourth-order valence-corrected chi connectivity index (χ4v) is 26.9. The summed E-state index contributed by atoms with van der Waals surface area (Å²) < 4.78 is 15.2. The van der Waals surface area contributed by atoms with Gasteiger partial charge in [-0.2, -0.15) is 0 Å². The summed E-state index contributed by atoms with van der Waals surface area (Å²) in [4.78, 5) is 4.17. The van der Waals surface area contributed by atoms with E-state index in [2.05, 4.69) is 166 Å². The highest BCUT2D eigenvalue weighted by Gasteiger charge is 2.78. The van der Waals surface area contributed by atoms with Crippen molar-refractivity contribution in [2.24, 2.45) is 5.92 Å². The van der Waals surface area contributed by atoms with Crippen molar-refractivity contribution < 1.29 is 4.39 Å². The highest BCUT2D eigenvalue weighted by molar-refractivity contribution is 8.68. The van der Waals surface area contributed by atoms with E-state index in [1.165, 1.54) is 57.9 Å². The van der Waals surface area contributed by atoms with Gasteiger partial charge in [0.2, 0.25) is 0 Å². The van der Waals surface area contributed by atoms with Crippen molar-refractivity contribution in [3.8, 4) is 0 Å². The van der Waals surface area contributed by atoms with Crippen LogP contribution in [0, 0.1) is 11.7 Å². The average molecular weight is 691 g/mol. The van der Waals surface area contributed by atoms with Crippen LogP contribution in [0.5, 0.6) is 0 Å². The molecule has 0 heterocycles. The van der Waals surface area contributed by atoms with E-state index in [-0.39, 0.29) is 10.6 Å². The summed E-state index contributed by atoms with van der Waals surface area (Å²) >= 11 is 2.07. The van der Waals surface area contributed by atoms with Crippen LogP contribution in [0.4, 0.5) is 4.39 Å². The molecule has 1 fully saturated rings. The zero-order valence-electron chi connectivity index (χ0n) is 29.8. The Bertz CT molecular complexity index is 1770. The minimum absolute atomic E-state index is 0.162. The molecule has 0 nitrogen and oxygen atoms in total. The van der Waals surface area contributed by atoms with Crippen LogP contribution in [0.3, 0.4) is 0 Å². The lowest BCUT2D eigenvalue weighted by Gasteiger charge is -2.92. The molecule has 0 aliphatic heterocycles. The van der Waals surface area contributed by atoms with Gasteiger partial charge in [-0.15, -0.1) is 11.8 Å². The summed E-state index contributed by atoms with van der Waals surface area (Å²) in [5.41, 5.74) is 2.84. The fraction of sp³-hybridized carbons (Fsp3) is 0.348. The maximum absolute atomic E-state index is 15.4. The SMILES string of the molecule is CCCC(c1ccccc1)(C(C)CC)S(CSc1ccccc1)(Cc1ccccc1)(c1ccccc1)(c1ccc(F)cc1)C1CCCCC1. The van der Waals surface area contributed by atoms with Gasteiger partial charge in [0.15, 0.2) is 0 Å². The summed E-state index contributed by atoms with van der Waals surface area (Å²) in [5.74, 6) is 1.11. The van der Waals surface area contributed by atoms with Crippen molar-refractivity contribution in [3.63, 3.8) is 0 Å². The molecule has 0 N–H and O–H groups in total. The molecule has 2 unspecified atom stereocenters. The summed E-state index contributed by atoms with van der Waals surface area (Å²) in [6.07, 6.45) is 9.23. The second-order valence-corrected chi connectivity index (χ2v) is 23.1. The van der Waals surface area contributed by atoms with Gasteiger partial charge < -0.3 is 0 Å². The van der Waals surface area contributed by atoms with E-state index in [9.17, 15) is 0 Å². The Kier molecular flexibility index (Phi) is 10.5. The smallest absolute Gasteiger partial charge is 0.123 e. The van der Waals surface area contributed by atoms with Crippen molar-refractivity contribution in [1.29, 1.82) is 0 Å². The van der Waals surface area contributed by atoms with Gasteiger partial charge in [0, 0.05) is 20.5 Å². The van der Waals surface area contributed by atoms with Crippen LogP contribution >= 0.6 is 20.1 Å². The minimum Gasteiger partial charge on any atom is -0.210 e. The molecule has 0 saturated heterocycles. The van der Waals surface area contributed by atoms with E-state index in [1.54, 1.807) is 12.1 Å². The van der Waals surface area contributed by atoms with Gasteiger partial charge in [-0.25, -0.2) is 12.7 Å². The van der Waals surface area contributed by atoms with Crippen molar-refractivity contribution >= 4 is 20.1 Å². The van der Waals surface area contributed by atoms with E-state index in [0.717, 1.165) is 30.1 Å². The first-order valence-electron chi connectivity index (χ1n) is 18.5. The summed E-state index contributed by atoms with van der Waals surface area (Å²) in [6.45, 7) is 7.38. The maximum Gasteiger partial charge on any atom is 0.123 e. The molecule has 258 valence electrons. The molecule has 2 atom stereocenters. The molecule has 5 aromatic rings. The zero-order valence-corrected chi connectivity index (χ0v) is 31.4. The number of hydrogen-bond acceptors (Lipinski definition) is 1. The summed E-state index contributed by atoms with van der Waals surface area (Å²) in [7, 11) is -4.10. The molecule has 0 bridgehead atoms. The van der Waals surface area contributed by atoms with Crippen LogP contribution in [0.2, 0.25) is 0 Å². The lowest BCUT2D eigenvalue weighted by molar-refractivity contribution is 0.348. The van der Waals surface area contributed by atoms with Gasteiger partial charge in [-0.05, 0) is 87.7 Å². The number of thioether (sulfide) groups is 1. The van der Waals surface area contributed by atoms with Crippen molar-refractivity contribution in [2.75, 3.05) is 5.08 Å². The lowest BCUT2D eigenvalue weighted by atomic mass is 9.81. The topological polar surface area (TPSA) is 0 Å². The largest absolute Gasteiger partial charge is 0.210 e. The third kappa shape index (κ3) is 5.25. The Labute approximate surface area is 299 Å². The molecular weight excluding hydrogens is 636 g/mol. The van der Waals surface area contributed by atoms with Gasteiger partial charge in [0.05, 0.1) is 0 Å². The first-order chi connectivity index (χ1) is 23.9. The number of rotatable bonds is 14. The number of hydrogen-bond donors (Lipinski definition) is 0. The van der Waals surface area contributed by atoms with Gasteiger partial charge in [-0.3, -0.25) is 0 Å². The first kappa shape index (κ1) is 35.6. The maximum atomic E-state index is 15.4. The van der Waals surface area contributed by atoms with E-state index >= 15 is 4.39 Å². The quantitative estimate of drug-likeness (QED) is 0.105. The Balaban J connectivity index is 2.00. The van der Waals surface area contributed by atoms with E-state index in [0.29, 0.717) is 11.2 Å². The van der Waals surface area contributed by atoms with E-state index in [1.807, 2.05) is 0 Å². The Hall–Kier alpha value is -3.27. The van der Waals surface area contributed by atoms with Crippen LogP contribution in [0.25, 0.3) is 0 Å². The Morgan fingerprint density at radius 1 is 0.673 bits per heavy atom. The van der Waals surface area contributed by atoms with Crippen molar-refractivity contribution in [3.05, 3.63) is 163 Å². The Morgan fingerprint density at radius 2 is 1.20 bits per heavy atom.